The number of carboxylic acid groups (broad SMARTS) is 1. The van der Waals surface area contributed by atoms with Gasteiger partial charge in [-0.1, -0.05) is 13.8 Å². The van der Waals surface area contributed by atoms with Crippen LogP contribution < -0.4 is 5.32 Å². The van der Waals surface area contributed by atoms with E-state index >= 15 is 0 Å². The molecule has 0 aliphatic heterocycles. The van der Waals surface area contributed by atoms with Gasteiger partial charge in [-0.15, -0.1) is 0 Å². The van der Waals surface area contributed by atoms with Crippen LogP contribution in [-0.4, -0.2) is 27.1 Å². The van der Waals surface area contributed by atoms with E-state index in [1.165, 1.54) is 6.20 Å². The van der Waals surface area contributed by atoms with Crippen LogP contribution in [0.4, 0.5) is 5.82 Å². The highest BCUT2D eigenvalue weighted by atomic mass is 35.5. The van der Waals surface area contributed by atoms with Crippen LogP contribution in [0.3, 0.4) is 0 Å². The number of carboxylic acids is 1. The lowest BCUT2D eigenvalue weighted by Crippen LogP contribution is -2.29. The van der Waals surface area contributed by atoms with Crippen molar-refractivity contribution in [2.45, 2.75) is 26.3 Å². The average Bonchev–Trinajstić information content (AvgIpc) is 2.15. The lowest BCUT2D eigenvalue weighted by atomic mass is 10.0. The first-order valence-corrected chi connectivity index (χ1v) is 5.33. The molecule has 0 amide bonds. The Morgan fingerprint density at radius 1 is 1.62 bits per heavy atom. The highest BCUT2D eigenvalue weighted by Gasteiger charge is 2.17. The number of halogens is 1. The van der Waals surface area contributed by atoms with Gasteiger partial charge in [-0.25, -0.2) is 9.97 Å². The van der Waals surface area contributed by atoms with Gasteiger partial charge in [0.05, 0.1) is 6.42 Å². The van der Waals surface area contributed by atoms with Gasteiger partial charge in [0.1, 0.15) is 5.82 Å². The molecule has 0 aliphatic rings. The SMILES string of the molecule is CC(C)C(CC(=O)O)Nc1ccnc(Cl)n1. The van der Waals surface area contributed by atoms with Crippen molar-refractivity contribution >= 4 is 23.4 Å². The Labute approximate surface area is 98.9 Å². The van der Waals surface area contributed by atoms with E-state index in [4.69, 9.17) is 16.7 Å². The Kier molecular flexibility index (Phi) is 4.49. The minimum atomic E-state index is -0.841. The molecule has 0 saturated heterocycles. The summed E-state index contributed by atoms with van der Waals surface area (Å²) in [6.45, 7) is 3.90. The lowest BCUT2D eigenvalue weighted by Gasteiger charge is -2.20. The van der Waals surface area contributed by atoms with E-state index in [0.29, 0.717) is 5.82 Å². The summed E-state index contributed by atoms with van der Waals surface area (Å²) in [5.41, 5.74) is 0. The van der Waals surface area contributed by atoms with Crippen LogP contribution in [0.15, 0.2) is 12.3 Å². The van der Waals surface area contributed by atoms with Crippen LogP contribution in [0, 0.1) is 5.92 Å². The average molecular weight is 244 g/mol. The van der Waals surface area contributed by atoms with Crippen molar-refractivity contribution in [1.82, 2.24) is 9.97 Å². The van der Waals surface area contributed by atoms with Gasteiger partial charge >= 0.3 is 5.97 Å². The van der Waals surface area contributed by atoms with Gasteiger partial charge in [-0.3, -0.25) is 4.79 Å². The van der Waals surface area contributed by atoms with Crippen molar-refractivity contribution in [3.63, 3.8) is 0 Å². The van der Waals surface area contributed by atoms with Crippen LogP contribution in [-0.2, 0) is 4.79 Å². The van der Waals surface area contributed by atoms with Crippen molar-refractivity contribution < 1.29 is 9.90 Å². The Morgan fingerprint density at radius 3 is 2.81 bits per heavy atom. The van der Waals surface area contributed by atoms with Gasteiger partial charge < -0.3 is 10.4 Å². The first kappa shape index (κ1) is 12.7. The predicted molar refractivity (Wildman–Crippen MR) is 61.5 cm³/mol. The van der Waals surface area contributed by atoms with E-state index in [0.717, 1.165) is 0 Å². The smallest absolute Gasteiger partial charge is 0.305 e. The van der Waals surface area contributed by atoms with Crippen molar-refractivity contribution in [3.05, 3.63) is 17.5 Å². The highest BCUT2D eigenvalue weighted by Crippen LogP contribution is 2.14. The fraction of sp³-hybridized carbons (Fsp3) is 0.500. The fourth-order valence-corrected chi connectivity index (χ4v) is 1.39. The lowest BCUT2D eigenvalue weighted by molar-refractivity contribution is -0.137. The molecule has 0 fully saturated rings. The normalized spacial score (nSPS) is 12.5. The second-order valence-corrected chi connectivity index (χ2v) is 4.14. The predicted octanol–water partition coefficient (Wildman–Crippen LogP) is 2.04. The summed E-state index contributed by atoms with van der Waals surface area (Å²) < 4.78 is 0. The summed E-state index contributed by atoms with van der Waals surface area (Å²) in [6, 6.07) is 1.48. The zero-order valence-electron chi connectivity index (χ0n) is 9.14. The molecular weight excluding hydrogens is 230 g/mol. The minimum Gasteiger partial charge on any atom is -0.481 e. The number of rotatable bonds is 5. The summed E-state index contributed by atoms with van der Waals surface area (Å²) in [5, 5.41) is 11.9. The summed E-state index contributed by atoms with van der Waals surface area (Å²) in [4.78, 5) is 18.4. The molecule has 1 unspecified atom stereocenters. The molecule has 0 radical (unpaired) electrons. The molecule has 0 aliphatic carbocycles. The Bertz CT molecular complexity index is 371. The van der Waals surface area contributed by atoms with Crippen LogP contribution in [0.1, 0.15) is 20.3 Å². The fourth-order valence-electron chi connectivity index (χ4n) is 1.25. The van der Waals surface area contributed by atoms with Gasteiger partial charge in [0, 0.05) is 12.2 Å². The molecule has 88 valence electrons. The first-order chi connectivity index (χ1) is 7.49. The van der Waals surface area contributed by atoms with Gasteiger partial charge in [0.2, 0.25) is 5.28 Å². The van der Waals surface area contributed by atoms with E-state index in [1.807, 2.05) is 13.8 Å². The zero-order valence-corrected chi connectivity index (χ0v) is 9.90. The Balaban J connectivity index is 2.71. The van der Waals surface area contributed by atoms with Gasteiger partial charge in [0.15, 0.2) is 0 Å². The Hall–Kier alpha value is -1.36. The standard InChI is InChI=1S/C10H14ClN3O2/c1-6(2)7(5-9(15)16)13-8-3-4-12-10(11)14-8/h3-4,6-7H,5H2,1-2H3,(H,15,16)(H,12,13,14). The zero-order chi connectivity index (χ0) is 12.1. The molecular formula is C10H14ClN3O2. The molecule has 0 spiro atoms. The number of nitrogens with one attached hydrogen (secondary N) is 1. The van der Waals surface area contributed by atoms with E-state index < -0.39 is 5.97 Å². The van der Waals surface area contributed by atoms with Crippen LogP contribution in [0.5, 0.6) is 0 Å². The second-order valence-electron chi connectivity index (χ2n) is 3.80. The third-order valence-electron chi connectivity index (χ3n) is 2.16. The van der Waals surface area contributed by atoms with Crippen LogP contribution in [0.2, 0.25) is 5.28 Å². The molecule has 1 atom stereocenters. The molecule has 16 heavy (non-hydrogen) atoms. The van der Waals surface area contributed by atoms with Crippen molar-refractivity contribution in [3.8, 4) is 0 Å². The molecule has 1 aromatic rings. The van der Waals surface area contributed by atoms with Crippen LogP contribution >= 0.6 is 11.6 Å². The molecule has 2 N–H and O–H groups in total. The third-order valence-corrected chi connectivity index (χ3v) is 2.34. The maximum Gasteiger partial charge on any atom is 0.305 e. The van der Waals surface area contributed by atoms with Gasteiger partial charge in [-0.05, 0) is 23.6 Å². The molecule has 0 saturated carbocycles. The third kappa shape index (κ3) is 4.02. The largest absolute Gasteiger partial charge is 0.481 e. The molecule has 0 aromatic carbocycles. The first-order valence-electron chi connectivity index (χ1n) is 4.96. The van der Waals surface area contributed by atoms with Gasteiger partial charge in [-0.2, -0.15) is 0 Å². The number of hydrogen-bond acceptors (Lipinski definition) is 4. The molecule has 5 nitrogen and oxygen atoms in total. The van der Waals surface area contributed by atoms with E-state index in [9.17, 15) is 4.79 Å². The quantitative estimate of drug-likeness (QED) is 0.774. The van der Waals surface area contributed by atoms with E-state index in [1.54, 1.807) is 6.07 Å². The van der Waals surface area contributed by atoms with E-state index in [2.05, 4.69) is 15.3 Å². The molecule has 1 heterocycles. The number of aliphatic carboxylic acids is 1. The number of nitrogens with zero attached hydrogens (tertiary/aromatic N) is 2. The number of carbonyl (C=O) groups is 1. The summed E-state index contributed by atoms with van der Waals surface area (Å²) in [6.07, 6.45) is 1.56. The van der Waals surface area contributed by atoms with Crippen molar-refractivity contribution in [2.75, 3.05) is 5.32 Å². The van der Waals surface area contributed by atoms with Crippen molar-refractivity contribution in [1.29, 1.82) is 0 Å². The topological polar surface area (TPSA) is 75.1 Å². The summed E-state index contributed by atoms with van der Waals surface area (Å²) in [5.74, 6) is -0.115. The van der Waals surface area contributed by atoms with Crippen molar-refractivity contribution in [2.24, 2.45) is 5.92 Å². The number of hydrogen-bond donors (Lipinski definition) is 2. The minimum absolute atomic E-state index is 0.0410. The maximum atomic E-state index is 10.7. The molecule has 1 rings (SSSR count). The monoisotopic (exact) mass is 243 g/mol. The summed E-state index contributed by atoms with van der Waals surface area (Å²) in [7, 11) is 0. The molecule has 6 heteroatoms. The maximum absolute atomic E-state index is 10.7. The van der Waals surface area contributed by atoms with Gasteiger partial charge in [0.25, 0.3) is 0 Å². The highest BCUT2D eigenvalue weighted by molar-refractivity contribution is 6.28. The number of aromatic nitrogens is 2. The van der Waals surface area contributed by atoms with E-state index in [-0.39, 0.29) is 23.7 Å². The summed E-state index contributed by atoms with van der Waals surface area (Å²) >= 11 is 5.64. The van der Waals surface area contributed by atoms with Crippen LogP contribution in [0.25, 0.3) is 0 Å². The molecule has 1 aromatic heterocycles. The molecule has 0 bridgehead atoms. The second kappa shape index (κ2) is 5.65. The Morgan fingerprint density at radius 2 is 2.31 bits per heavy atom. The number of anilines is 1.